The van der Waals surface area contributed by atoms with Crippen molar-refractivity contribution in [2.75, 3.05) is 25.0 Å². The minimum atomic E-state index is -0.507. The van der Waals surface area contributed by atoms with Crippen LogP contribution in [0.5, 0.6) is 0 Å². The van der Waals surface area contributed by atoms with Gasteiger partial charge in [-0.1, -0.05) is 37.8 Å². The molecule has 3 rings (SSSR count). The fourth-order valence-electron chi connectivity index (χ4n) is 4.07. The first-order valence-corrected chi connectivity index (χ1v) is 10.0. The number of amides is 2. The molecule has 142 valence electrons. The van der Waals surface area contributed by atoms with Crippen LogP contribution in [0.1, 0.15) is 56.1 Å². The molecular formula is C21H31N3O2. The number of nitrogens with zero attached hydrogens (tertiary/aromatic N) is 1. The molecule has 1 aliphatic heterocycles. The summed E-state index contributed by atoms with van der Waals surface area (Å²) in [5.74, 6) is -0.990. The van der Waals surface area contributed by atoms with E-state index in [1.54, 1.807) is 0 Å². The largest absolute Gasteiger partial charge is 0.374 e. The normalized spacial score (nSPS) is 18.0. The first-order chi connectivity index (χ1) is 12.6. The predicted molar refractivity (Wildman–Crippen MR) is 104 cm³/mol. The van der Waals surface area contributed by atoms with Gasteiger partial charge in [0, 0.05) is 31.9 Å². The second kappa shape index (κ2) is 9.06. The molecule has 0 bridgehead atoms. The molecule has 1 heterocycles. The van der Waals surface area contributed by atoms with E-state index in [1.807, 2.05) is 0 Å². The molecule has 0 aromatic heterocycles. The van der Waals surface area contributed by atoms with Gasteiger partial charge >= 0.3 is 11.8 Å². The molecule has 5 heteroatoms. The molecule has 2 aliphatic rings. The third-order valence-electron chi connectivity index (χ3n) is 5.59. The van der Waals surface area contributed by atoms with Crippen molar-refractivity contribution in [2.24, 2.45) is 0 Å². The maximum absolute atomic E-state index is 12.1. The maximum Gasteiger partial charge on any atom is 0.309 e. The van der Waals surface area contributed by atoms with Crippen LogP contribution in [0, 0.1) is 0 Å². The van der Waals surface area contributed by atoms with Crippen molar-refractivity contribution in [1.82, 2.24) is 10.6 Å². The Bertz CT molecular complexity index is 636. The van der Waals surface area contributed by atoms with Gasteiger partial charge in [-0.15, -0.1) is 0 Å². The summed E-state index contributed by atoms with van der Waals surface area (Å²) in [6.45, 7) is 1.60. The van der Waals surface area contributed by atoms with E-state index in [9.17, 15) is 9.59 Å². The van der Waals surface area contributed by atoms with Crippen molar-refractivity contribution in [3.05, 3.63) is 29.3 Å². The highest BCUT2D eigenvalue weighted by Crippen LogP contribution is 2.26. The number of nitrogens with one attached hydrogen (secondary N) is 2. The van der Waals surface area contributed by atoms with Gasteiger partial charge in [0.05, 0.1) is 0 Å². The molecule has 0 radical (unpaired) electrons. The molecule has 1 saturated carbocycles. The highest BCUT2D eigenvalue weighted by molar-refractivity contribution is 6.35. The van der Waals surface area contributed by atoms with Gasteiger partial charge in [-0.05, 0) is 49.3 Å². The number of rotatable bonds is 4. The lowest BCUT2D eigenvalue weighted by atomic mass is 9.98. The molecule has 0 unspecified atom stereocenters. The van der Waals surface area contributed by atoms with Gasteiger partial charge in [-0.25, -0.2) is 0 Å². The molecule has 1 aromatic carbocycles. The third-order valence-corrected chi connectivity index (χ3v) is 5.59. The van der Waals surface area contributed by atoms with Crippen LogP contribution >= 0.6 is 0 Å². The number of benzene rings is 1. The van der Waals surface area contributed by atoms with Crippen molar-refractivity contribution in [2.45, 2.75) is 63.8 Å². The first kappa shape index (κ1) is 18.7. The van der Waals surface area contributed by atoms with Crippen LogP contribution < -0.4 is 15.5 Å². The maximum atomic E-state index is 12.1. The second-order valence-corrected chi connectivity index (χ2v) is 7.66. The highest BCUT2D eigenvalue weighted by Gasteiger charge is 2.19. The fraction of sp³-hybridized carbons (Fsp3) is 0.619. The van der Waals surface area contributed by atoms with E-state index in [0.29, 0.717) is 6.54 Å². The topological polar surface area (TPSA) is 61.4 Å². The van der Waals surface area contributed by atoms with E-state index in [2.05, 4.69) is 40.8 Å². The average molecular weight is 357 g/mol. The number of anilines is 1. The smallest absolute Gasteiger partial charge is 0.309 e. The Morgan fingerprint density at radius 2 is 1.85 bits per heavy atom. The summed E-state index contributed by atoms with van der Waals surface area (Å²) in [7, 11) is 2.13. The zero-order valence-electron chi connectivity index (χ0n) is 15.9. The van der Waals surface area contributed by atoms with Gasteiger partial charge in [0.15, 0.2) is 0 Å². The number of carbonyl (C=O) groups is 2. The molecule has 0 saturated heterocycles. The van der Waals surface area contributed by atoms with Crippen LogP contribution in [0.3, 0.4) is 0 Å². The molecule has 26 heavy (non-hydrogen) atoms. The Hall–Kier alpha value is -2.04. The Kier molecular flexibility index (Phi) is 6.53. The molecule has 1 fully saturated rings. The monoisotopic (exact) mass is 357 g/mol. The first-order valence-electron chi connectivity index (χ1n) is 10.0. The van der Waals surface area contributed by atoms with E-state index in [-0.39, 0.29) is 6.04 Å². The van der Waals surface area contributed by atoms with Crippen LogP contribution in [0.4, 0.5) is 5.69 Å². The summed E-state index contributed by atoms with van der Waals surface area (Å²) in [5.41, 5.74) is 3.91. The number of carbonyl (C=O) groups excluding carboxylic acids is 2. The van der Waals surface area contributed by atoms with Crippen molar-refractivity contribution >= 4 is 17.5 Å². The van der Waals surface area contributed by atoms with Gasteiger partial charge in [-0.2, -0.15) is 0 Å². The van der Waals surface area contributed by atoms with Crippen LogP contribution in [-0.2, 0) is 22.4 Å². The molecule has 2 amide bonds. The van der Waals surface area contributed by atoms with Crippen LogP contribution in [0.25, 0.3) is 0 Å². The van der Waals surface area contributed by atoms with Crippen molar-refractivity contribution in [3.63, 3.8) is 0 Å². The molecule has 1 aliphatic carbocycles. The fourth-order valence-corrected chi connectivity index (χ4v) is 4.07. The molecule has 1 aromatic rings. The number of aryl methyl sites for hydroxylation is 1. The summed E-state index contributed by atoms with van der Waals surface area (Å²) in [5, 5.41) is 5.66. The van der Waals surface area contributed by atoms with Crippen molar-refractivity contribution < 1.29 is 9.59 Å². The van der Waals surface area contributed by atoms with E-state index in [0.717, 1.165) is 45.1 Å². The van der Waals surface area contributed by atoms with E-state index >= 15 is 0 Å². The minimum absolute atomic E-state index is 0.161. The summed E-state index contributed by atoms with van der Waals surface area (Å²) in [4.78, 5) is 26.4. The molecular weight excluding hydrogens is 326 g/mol. The SMILES string of the molecule is CN1CCCc2cc(CCNC(=O)C(=O)NC3CCCCCC3)ccc21. The van der Waals surface area contributed by atoms with E-state index in [4.69, 9.17) is 0 Å². The van der Waals surface area contributed by atoms with Crippen LogP contribution in [-0.4, -0.2) is 38.0 Å². The Morgan fingerprint density at radius 3 is 2.62 bits per heavy atom. The van der Waals surface area contributed by atoms with Gasteiger partial charge < -0.3 is 15.5 Å². The summed E-state index contributed by atoms with van der Waals surface area (Å²) in [6, 6.07) is 6.69. The standard InChI is InChI=1S/C21H31N3O2/c1-24-14-6-7-17-15-16(10-11-19(17)24)12-13-22-20(25)21(26)23-18-8-4-2-3-5-9-18/h10-11,15,18H,2-9,12-14H2,1H3,(H,22,25)(H,23,26). The van der Waals surface area contributed by atoms with E-state index < -0.39 is 11.8 Å². The Morgan fingerprint density at radius 1 is 1.08 bits per heavy atom. The highest BCUT2D eigenvalue weighted by atomic mass is 16.2. The summed E-state index contributed by atoms with van der Waals surface area (Å²) < 4.78 is 0. The molecule has 2 N–H and O–H groups in total. The quantitative estimate of drug-likeness (QED) is 0.643. The molecule has 5 nitrogen and oxygen atoms in total. The lowest BCUT2D eigenvalue weighted by molar-refractivity contribution is -0.139. The van der Waals surface area contributed by atoms with Gasteiger partial charge in [0.2, 0.25) is 0 Å². The lowest BCUT2D eigenvalue weighted by Crippen LogP contribution is -2.44. The minimum Gasteiger partial charge on any atom is -0.374 e. The zero-order valence-corrected chi connectivity index (χ0v) is 15.9. The molecule has 0 spiro atoms. The average Bonchev–Trinajstić information content (AvgIpc) is 2.90. The van der Waals surface area contributed by atoms with Gasteiger partial charge in [-0.3, -0.25) is 9.59 Å². The lowest BCUT2D eigenvalue weighted by Gasteiger charge is -2.27. The van der Waals surface area contributed by atoms with Crippen LogP contribution in [0.15, 0.2) is 18.2 Å². The van der Waals surface area contributed by atoms with Crippen LogP contribution in [0.2, 0.25) is 0 Å². The van der Waals surface area contributed by atoms with Gasteiger partial charge in [0.25, 0.3) is 0 Å². The van der Waals surface area contributed by atoms with Crippen molar-refractivity contribution in [1.29, 1.82) is 0 Å². The second-order valence-electron chi connectivity index (χ2n) is 7.66. The van der Waals surface area contributed by atoms with Gasteiger partial charge in [0.1, 0.15) is 0 Å². The zero-order chi connectivity index (χ0) is 18.4. The Balaban J connectivity index is 1.44. The predicted octanol–water partition coefficient (Wildman–Crippen LogP) is 2.57. The van der Waals surface area contributed by atoms with Crippen molar-refractivity contribution in [3.8, 4) is 0 Å². The number of fused-ring (bicyclic) bond motifs is 1. The molecule has 0 atom stereocenters. The Labute approximate surface area is 156 Å². The number of hydrogen-bond acceptors (Lipinski definition) is 3. The number of hydrogen-bond donors (Lipinski definition) is 2. The summed E-state index contributed by atoms with van der Waals surface area (Å²) in [6.07, 6.45) is 9.77. The third kappa shape index (κ3) is 4.99. The van der Waals surface area contributed by atoms with E-state index in [1.165, 1.54) is 36.1 Å². The summed E-state index contributed by atoms with van der Waals surface area (Å²) >= 11 is 0.